The van der Waals surface area contributed by atoms with Crippen LogP contribution in [0.2, 0.25) is 0 Å². The maximum Gasteiger partial charge on any atom is 0.330 e. The van der Waals surface area contributed by atoms with Crippen LogP contribution in [-0.2, 0) is 26.6 Å². The Balaban J connectivity index is 1.77. The van der Waals surface area contributed by atoms with E-state index in [-0.39, 0.29) is 5.82 Å². The van der Waals surface area contributed by atoms with Crippen LogP contribution in [0.25, 0.3) is 11.2 Å². The summed E-state index contributed by atoms with van der Waals surface area (Å²) in [5.74, 6) is 0.475. The second-order valence-electron chi connectivity index (χ2n) is 7.32. The molecule has 148 valence electrons. The molecule has 0 bridgehead atoms. The van der Waals surface area contributed by atoms with Crippen LogP contribution in [0.1, 0.15) is 37.6 Å². The van der Waals surface area contributed by atoms with Crippen LogP contribution in [-0.4, -0.2) is 25.6 Å². The molecule has 0 unspecified atom stereocenters. The molecule has 8 heteroatoms. The van der Waals surface area contributed by atoms with Gasteiger partial charge in [-0.15, -0.1) is 0 Å². The number of aromatic nitrogens is 4. The summed E-state index contributed by atoms with van der Waals surface area (Å²) in [6.45, 7) is 3.89. The Morgan fingerprint density at radius 2 is 2.11 bits per heavy atom. The van der Waals surface area contributed by atoms with E-state index in [0.29, 0.717) is 30.1 Å². The van der Waals surface area contributed by atoms with Gasteiger partial charge in [-0.25, -0.2) is 14.2 Å². The number of hydrogen-bond donors (Lipinski definition) is 1. The third kappa shape index (κ3) is 3.12. The highest BCUT2D eigenvalue weighted by Crippen LogP contribution is 2.29. The van der Waals surface area contributed by atoms with Gasteiger partial charge in [0.25, 0.3) is 5.56 Å². The van der Waals surface area contributed by atoms with Crippen LogP contribution in [0.4, 0.5) is 10.1 Å². The smallest absolute Gasteiger partial charge is 0.330 e. The molecular formula is C20H24FN5O2. The van der Waals surface area contributed by atoms with Gasteiger partial charge in [-0.3, -0.25) is 14.3 Å². The Morgan fingerprint density at radius 3 is 2.89 bits per heavy atom. The largest absolute Gasteiger partial charge is 0.364 e. The summed E-state index contributed by atoms with van der Waals surface area (Å²) < 4.78 is 16.9. The molecule has 0 fully saturated rings. The van der Waals surface area contributed by atoms with E-state index in [1.165, 1.54) is 6.07 Å². The molecule has 0 amide bonds. The summed E-state index contributed by atoms with van der Waals surface area (Å²) in [5.41, 5.74) is 1.97. The van der Waals surface area contributed by atoms with Gasteiger partial charge in [0, 0.05) is 25.8 Å². The van der Waals surface area contributed by atoms with Crippen LogP contribution in [0.5, 0.6) is 0 Å². The molecule has 1 aromatic carbocycles. The zero-order valence-electron chi connectivity index (χ0n) is 16.2. The zero-order valence-corrected chi connectivity index (χ0v) is 16.2. The average Bonchev–Trinajstić information content (AvgIpc) is 2.98. The summed E-state index contributed by atoms with van der Waals surface area (Å²) >= 11 is 0. The van der Waals surface area contributed by atoms with E-state index in [4.69, 9.17) is 0 Å². The molecule has 3 heterocycles. The number of H-pyrrole nitrogens is 1. The molecule has 0 saturated carbocycles. The lowest BCUT2D eigenvalue weighted by Crippen LogP contribution is -2.31. The summed E-state index contributed by atoms with van der Waals surface area (Å²) in [4.78, 5) is 33.9. The Labute approximate surface area is 161 Å². The maximum absolute atomic E-state index is 13.6. The Bertz CT molecular complexity index is 1140. The third-order valence-electron chi connectivity index (χ3n) is 5.43. The number of unbranched alkanes of at least 4 members (excludes halogenated alkanes) is 1. The van der Waals surface area contributed by atoms with Crippen molar-refractivity contribution in [3.8, 4) is 0 Å². The van der Waals surface area contributed by atoms with Crippen molar-refractivity contribution in [2.75, 3.05) is 11.4 Å². The van der Waals surface area contributed by atoms with E-state index in [2.05, 4.69) is 21.8 Å². The first kappa shape index (κ1) is 18.5. The molecular weight excluding hydrogens is 361 g/mol. The fourth-order valence-electron chi connectivity index (χ4n) is 3.93. The topological polar surface area (TPSA) is 75.9 Å². The number of aryl methyl sites for hydroxylation is 3. The van der Waals surface area contributed by atoms with Gasteiger partial charge in [0.15, 0.2) is 11.2 Å². The third-order valence-corrected chi connectivity index (χ3v) is 5.43. The molecule has 7 nitrogen and oxygen atoms in total. The van der Waals surface area contributed by atoms with Gasteiger partial charge in [0.2, 0.25) is 0 Å². The van der Waals surface area contributed by atoms with E-state index < -0.39 is 11.2 Å². The van der Waals surface area contributed by atoms with Crippen molar-refractivity contribution in [1.29, 1.82) is 0 Å². The van der Waals surface area contributed by atoms with E-state index in [0.717, 1.165) is 43.5 Å². The molecule has 4 rings (SSSR count). The zero-order chi connectivity index (χ0) is 19.8. The molecule has 0 atom stereocenters. The number of halogens is 1. The number of nitrogens with one attached hydrogen (secondary N) is 1. The molecule has 0 aliphatic carbocycles. The lowest BCUT2D eigenvalue weighted by Gasteiger charge is -2.31. The molecule has 1 N–H and O–H groups in total. The van der Waals surface area contributed by atoms with Gasteiger partial charge in [-0.2, -0.15) is 0 Å². The fourth-order valence-corrected chi connectivity index (χ4v) is 3.93. The van der Waals surface area contributed by atoms with Crippen molar-refractivity contribution in [2.45, 2.75) is 45.7 Å². The predicted molar refractivity (Wildman–Crippen MR) is 106 cm³/mol. The highest BCUT2D eigenvalue weighted by molar-refractivity contribution is 5.71. The SMILES string of the molecule is CCCCn1c(=O)[nH]c(=O)c2c1nc(CN1CCCc3cc(F)ccc31)n2C. The van der Waals surface area contributed by atoms with Crippen molar-refractivity contribution in [2.24, 2.45) is 7.05 Å². The second-order valence-corrected chi connectivity index (χ2v) is 7.32. The van der Waals surface area contributed by atoms with Crippen molar-refractivity contribution in [3.05, 3.63) is 56.2 Å². The predicted octanol–water partition coefficient (Wildman–Crippen LogP) is 2.32. The van der Waals surface area contributed by atoms with Crippen molar-refractivity contribution >= 4 is 16.9 Å². The number of hydrogen-bond acceptors (Lipinski definition) is 4. The highest BCUT2D eigenvalue weighted by atomic mass is 19.1. The first-order valence-electron chi connectivity index (χ1n) is 9.71. The first-order chi connectivity index (χ1) is 13.5. The van der Waals surface area contributed by atoms with E-state index in [1.807, 2.05) is 0 Å². The van der Waals surface area contributed by atoms with Gasteiger partial charge in [-0.05, 0) is 43.0 Å². The summed E-state index contributed by atoms with van der Waals surface area (Å²) in [6.07, 6.45) is 3.55. The summed E-state index contributed by atoms with van der Waals surface area (Å²) in [7, 11) is 1.80. The monoisotopic (exact) mass is 385 g/mol. The van der Waals surface area contributed by atoms with Gasteiger partial charge in [-0.1, -0.05) is 13.3 Å². The highest BCUT2D eigenvalue weighted by Gasteiger charge is 2.22. The van der Waals surface area contributed by atoms with Gasteiger partial charge < -0.3 is 9.47 Å². The molecule has 0 saturated heterocycles. The van der Waals surface area contributed by atoms with Crippen LogP contribution < -0.4 is 16.1 Å². The molecule has 0 radical (unpaired) electrons. The minimum atomic E-state index is -0.422. The minimum Gasteiger partial charge on any atom is -0.364 e. The maximum atomic E-state index is 13.6. The van der Waals surface area contributed by atoms with Crippen molar-refractivity contribution in [1.82, 2.24) is 19.1 Å². The van der Waals surface area contributed by atoms with E-state index >= 15 is 0 Å². The van der Waals surface area contributed by atoms with Crippen LogP contribution >= 0.6 is 0 Å². The van der Waals surface area contributed by atoms with Crippen LogP contribution in [0.3, 0.4) is 0 Å². The minimum absolute atomic E-state index is 0.227. The van der Waals surface area contributed by atoms with E-state index in [9.17, 15) is 14.0 Å². The Morgan fingerprint density at radius 1 is 1.29 bits per heavy atom. The Kier molecular flexibility index (Phi) is 4.78. The molecule has 3 aromatic rings. The fraction of sp³-hybridized carbons (Fsp3) is 0.450. The quantitative estimate of drug-likeness (QED) is 0.731. The molecule has 1 aliphatic rings. The number of anilines is 1. The number of nitrogens with zero attached hydrogens (tertiary/aromatic N) is 4. The van der Waals surface area contributed by atoms with Gasteiger partial charge in [0.1, 0.15) is 11.6 Å². The number of imidazole rings is 1. The van der Waals surface area contributed by atoms with Crippen molar-refractivity contribution in [3.63, 3.8) is 0 Å². The first-order valence-corrected chi connectivity index (χ1v) is 9.71. The lowest BCUT2D eigenvalue weighted by atomic mass is 10.0. The Hall–Kier alpha value is -2.90. The molecule has 28 heavy (non-hydrogen) atoms. The number of aromatic amines is 1. The molecule has 0 spiro atoms. The number of fused-ring (bicyclic) bond motifs is 2. The van der Waals surface area contributed by atoms with Crippen LogP contribution in [0.15, 0.2) is 27.8 Å². The summed E-state index contributed by atoms with van der Waals surface area (Å²) in [6, 6.07) is 4.86. The number of rotatable bonds is 5. The van der Waals surface area contributed by atoms with Gasteiger partial charge >= 0.3 is 5.69 Å². The number of benzene rings is 1. The lowest BCUT2D eigenvalue weighted by molar-refractivity contribution is 0.611. The molecule has 1 aliphatic heterocycles. The molecule has 2 aromatic heterocycles. The van der Waals surface area contributed by atoms with Crippen LogP contribution in [0, 0.1) is 5.82 Å². The average molecular weight is 385 g/mol. The van der Waals surface area contributed by atoms with E-state index in [1.54, 1.807) is 28.3 Å². The summed E-state index contributed by atoms with van der Waals surface area (Å²) in [5, 5.41) is 0. The second kappa shape index (κ2) is 7.26. The van der Waals surface area contributed by atoms with Crippen molar-refractivity contribution < 1.29 is 4.39 Å². The normalized spacial score (nSPS) is 13.9. The van der Waals surface area contributed by atoms with Gasteiger partial charge in [0.05, 0.1) is 6.54 Å². The standard InChI is InChI=1S/C20H24FN5O2/c1-3-4-10-26-18-17(19(27)23-20(26)28)24(2)16(22-18)12-25-9-5-6-13-11-14(21)7-8-15(13)25/h7-8,11H,3-6,9-10,12H2,1-2H3,(H,23,27,28).